The molecule has 2 aromatic carbocycles. The SMILES string of the molecule is C#CC(O)(c1ccccc1)c1cc(C)c(C)c(OC)c1. The first-order valence-corrected chi connectivity index (χ1v) is 6.44. The molecule has 0 aliphatic rings. The molecule has 0 bridgehead atoms. The summed E-state index contributed by atoms with van der Waals surface area (Å²) in [5, 5.41) is 10.9. The predicted molar refractivity (Wildman–Crippen MR) is 80.7 cm³/mol. The van der Waals surface area contributed by atoms with Crippen molar-refractivity contribution in [3.63, 3.8) is 0 Å². The standard InChI is InChI=1S/C18H18O2/c1-5-18(19,15-9-7-6-8-10-15)16-11-13(2)14(3)17(12-16)20-4/h1,6-12,19H,2-4H3. The van der Waals surface area contributed by atoms with Crippen molar-refractivity contribution in [1.82, 2.24) is 0 Å². The maximum absolute atomic E-state index is 10.9. The third kappa shape index (κ3) is 2.29. The Labute approximate surface area is 120 Å². The molecule has 1 unspecified atom stereocenters. The van der Waals surface area contributed by atoms with Crippen LogP contribution in [0.5, 0.6) is 5.75 Å². The highest BCUT2D eigenvalue weighted by atomic mass is 16.5. The number of ether oxygens (including phenoxy) is 1. The Morgan fingerprint density at radius 2 is 1.75 bits per heavy atom. The number of hydrogen-bond acceptors (Lipinski definition) is 2. The zero-order chi connectivity index (χ0) is 14.8. The largest absolute Gasteiger partial charge is 0.496 e. The van der Waals surface area contributed by atoms with Gasteiger partial charge in [0.2, 0.25) is 0 Å². The van der Waals surface area contributed by atoms with Crippen molar-refractivity contribution < 1.29 is 9.84 Å². The average Bonchev–Trinajstić information content (AvgIpc) is 2.49. The van der Waals surface area contributed by atoms with Gasteiger partial charge in [-0.2, -0.15) is 0 Å². The monoisotopic (exact) mass is 266 g/mol. The Bertz CT molecular complexity index is 653. The van der Waals surface area contributed by atoms with Crippen molar-refractivity contribution in [2.24, 2.45) is 0 Å². The maximum Gasteiger partial charge on any atom is 0.176 e. The number of rotatable bonds is 3. The first kappa shape index (κ1) is 14.2. The number of hydrogen-bond donors (Lipinski definition) is 1. The van der Waals surface area contributed by atoms with E-state index in [1.165, 1.54) is 0 Å². The summed E-state index contributed by atoms with van der Waals surface area (Å²) >= 11 is 0. The Hall–Kier alpha value is -2.24. The molecule has 20 heavy (non-hydrogen) atoms. The van der Waals surface area contributed by atoms with Crippen LogP contribution in [-0.2, 0) is 5.60 Å². The van der Waals surface area contributed by atoms with Crippen LogP contribution in [0.4, 0.5) is 0 Å². The highest BCUT2D eigenvalue weighted by Crippen LogP contribution is 2.33. The molecule has 0 fully saturated rings. The first-order chi connectivity index (χ1) is 9.52. The molecule has 0 aliphatic heterocycles. The topological polar surface area (TPSA) is 29.5 Å². The summed E-state index contributed by atoms with van der Waals surface area (Å²) in [5.41, 5.74) is 1.94. The zero-order valence-corrected chi connectivity index (χ0v) is 12.0. The molecular formula is C18H18O2. The molecule has 0 saturated heterocycles. The maximum atomic E-state index is 10.9. The van der Waals surface area contributed by atoms with E-state index in [0.717, 1.165) is 16.9 Å². The first-order valence-electron chi connectivity index (χ1n) is 6.44. The Kier molecular flexibility index (Phi) is 3.83. The van der Waals surface area contributed by atoms with Gasteiger partial charge in [0.05, 0.1) is 7.11 Å². The summed E-state index contributed by atoms with van der Waals surface area (Å²) < 4.78 is 5.36. The lowest BCUT2D eigenvalue weighted by molar-refractivity contribution is 0.145. The van der Waals surface area contributed by atoms with Crippen LogP contribution >= 0.6 is 0 Å². The number of aliphatic hydroxyl groups is 1. The average molecular weight is 266 g/mol. The van der Waals surface area contributed by atoms with Gasteiger partial charge < -0.3 is 9.84 Å². The number of benzene rings is 2. The summed E-state index contributed by atoms with van der Waals surface area (Å²) in [4.78, 5) is 0. The van der Waals surface area contributed by atoms with Gasteiger partial charge in [-0.1, -0.05) is 42.3 Å². The number of terminal acetylenes is 1. The second-order valence-corrected chi connectivity index (χ2v) is 4.84. The van der Waals surface area contributed by atoms with E-state index in [1.54, 1.807) is 13.2 Å². The van der Waals surface area contributed by atoms with Gasteiger partial charge in [0.25, 0.3) is 0 Å². The molecule has 1 atom stereocenters. The van der Waals surface area contributed by atoms with Gasteiger partial charge >= 0.3 is 0 Å². The highest BCUT2D eigenvalue weighted by molar-refractivity contribution is 5.50. The third-order valence-electron chi connectivity index (χ3n) is 3.66. The molecule has 0 radical (unpaired) electrons. The van der Waals surface area contributed by atoms with E-state index in [4.69, 9.17) is 11.2 Å². The number of methoxy groups -OCH3 is 1. The Balaban J connectivity index is 2.65. The molecule has 0 spiro atoms. The van der Waals surface area contributed by atoms with Crippen LogP contribution in [0.2, 0.25) is 0 Å². The Morgan fingerprint density at radius 3 is 2.30 bits per heavy atom. The molecule has 0 saturated carbocycles. The molecule has 2 rings (SSSR count). The van der Waals surface area contributed by atoms with Gasteiger partial charge in [0.1, 0.15) is 5.75 Å². The molecule has 2 aromatic rings. The van der Waals surface area contributed by atoms with E-state index in [2.05, 4.69) is 5.92 Å². The van der Waals surface area contributed by atoms with E-state index < -0.39 is 5.60 Å². The van der Waals surface area contributed by atoms with E-state index in [9.17, 15) is 5.11 Å². The summed E-state index contributed by atoms with van der Waals surface area (Å²) in [5.74, 6) is 3.24. The molecular weight excluding hydrogens is 248 g/mol. The molecule has 0 aliphatic carbocycles. The molecule has 1 N–H and O–H groups in total. The minimum atomic E-state index is -1.45. The lowest BCUT2D eigenvalue weighted by atomic mass is 9.85. The highest BCUT2D eigenvalue weighted by Gasteiger charge is 2.30. The lowest BCUT2D eigenvalue weighted by Gasteiger charge is -2.25. The van der Waals surface area contributed by atoms with Crippen LogP contribution in [-0.4, -0.2) is 12.2 Å². The van der Waals surface area contributed by atoms with Crippen molar-refractivity contribution in [2.45, 2.75) is 19.4 Å². The van der Waals surface area contributed by atoms with Gasteiger partial charge in [-0.25, -0.2) is 0 Å². The van der Waals surface area contributed by atoms with Crippen molar-refractivity contribution >= 4 is 0 Å². The van der Waals surface area contributed by atoms with Crippen molar-refractivity contribution in [2.75, 3.05) is 7.11 Å². The van der Waals surface area contributed by atoms with Gasteiger partial charge in [-0.05, 0) is 31.0 Å². The van der Waals surface area contributed by atoms with Crippen LogP contribution < -0.4 is 4.74 Å². The summed E-state index contributed by atoms with van der Waals surface area (Å²) in [6, 6.07) is 13.0. The molecule has 102 valence electrons. The fourth-order valence-electron chi connectivity index (χ4n) is 2.26. The van der Waals surface area contributed by atoms with E-state index in [0.29, 0.717) is 11.1 Å². The van der Waals surface area contributed by atoms with E-state index >= 15 is 0 Å². The van der Waals surface area contributed by atoms with Crippen molar-refractivity contribution in [3.8, 4) is 18.1 Å². The van der Waals surface area contributed by atoms with Crippen LogP contribution in [0.1, 0.15) is 22.3 Å². The minimum absolute atomic E-state index is 0.645. The summed E-state index contributed by atoms with van der Waals surface area (Å²) in [7, 11) is 1.61. The Morgan fingerprint density at radius 1 is 1.10 bits per heavy atom. The van der Waals surface area contributed by atoms with Crippen LogP contribution in [0.15, 0.2) is 42.5 Å². The third-order valence-corrected chi connectivity index (χ3v) is 3.66. The normalized spacial score (nSPS) is 13.3. The lowest BCUT2D eigenvalue weighted by Crippen LogP contribution is -2.25. The van der Waals surface area contributed by atoms with Crippen molar-refractivity contribution in [1.29, 1.82) is 0 Å². The quantitative estimate of drug-likeness (QED) is 0.865. The minimum Gasteiger partial charge on any atom is -0.496 e. The smallest absolute Gasteiger partial charge is 0.176 e. The summed E-state index contributed by atoms with van der Waals surface area (Å²) in [6.07, 6.45) is 5.61. The second-order valence-electron chi connectivity index (χ2n) is 4.84. The fourth-order valence-corrected chi connectivity index (χ4v) is 2.26. The predicted octanol–water partition coefficient (Wildman–Crippen LogP) is 3.18. The fraction of sp³-hybridized carbons (Fsp3) is 0.222. The zero-order valence-electron chi connectivity index (χ0n) is 12.0. The van der Waals surface area contributed by atoms with Crippen molar-refractivity contribution in [3.05, 3.63) is 64.7 Å². The molecule has 0 aromatic heterocycles. The molecule has 0 heterocycles. The van der Waals surface area contributed by atoms with Crippen LogP contribution in [0, 0.1) is 26.2 Å². The number of aryl methyl sites for hydroxylation is 1. The molecule has 2 nitrogen and oxygen atoms in total. The van der Waals surface area contributed by atoms with Gasteiger partial charge in [-0.3, -0.25) is 0 Å². The van der Waals surface area contributed by atoms with Crippen LogP contribution in [0.3, 0.4) is 0 Å². The molecule has 2 heteroatoms. The summed E-state index contributed by atoms with van der Waals surface area (Å²) in [6.45, 7) is 3.96. The van der Waals surface area contributed by atoms with Gasteiger partial charge in [0, 0.05) is 11.1 Å². The van der Waals surface area contributed by atoms with Crippen LogP contribution in [0.25, 0.3) is 0 Å². The second kappa shape index (κ2) is 5.40. The van der Waals surface area contributed by atoms with Gasteiger partial charge in [-0.15, -0.1) is 6.42 Å². The van der Waals surface area contributed by atoms with E-state index in [1.807, 2.05) is 50.2 Å². The molecule has 0 amide bonds. The van der Waals surface area contributed by atoms with E-state index in [-0.39, 0.29) is 0 Å². The van der Waals surface area contributed by atoms with Gasteiger partial charge in [0.15, 0.2) is 5.60 Å².